The Morgan fingerprint density at radius 1 is 0.920 bits per heavy atom. The van der Waals surface area contributed by atoms with Crippen molar-refractivity contribution in [3.05, 3.63) is 72.9 Å². The first-order valence-corrected chi connectivity index (χ1v) is 7.74. The molecule has 4 rings (SSSR count). The van der Waals surface area contributed by atoms with Crippen molar-refractivity contribution in [1.82, 2.24) is 4.57 Å². The Morgan fingerprint density at radius 2 is 1.68 bits per heavy atom. The molecule has 2 N–H and O–H groups in total. The van der Waals surface area contributed by atoms with Crippen LogP contribution in [0.15, 0.2) is 77.9 Å². The third kappa shape index (κ3) is 2.92. The molecule has 1 heterocycles. The van der Waals surface area contributed by atoms with Gasteiger partial charge in [0.15, 0.2) is 0 Å². The summed E-state index contributed by atoms with van der Waals surface area (Å²) in [4.78, 5) is 4.66. The molecule has 4 nitrogen and oxygen atoms in total. The first-order valence-electron chi connectivity index (χ1n) is 7.74. The van der Waals surface area contributed by atoms with Gasteiger partial charge in [-0.3, -0.25) is 4.57 Å². The Labute approximate surface area is 152 Å². The number of benzene rings is 3. The van der Waals surface area contributed by atoms with Gasteiger partial charge in [0.1, 0.15) is 5.75 Å². The lowest BCUT2D eigenvalue weighted by Crippen LogP contribution is -2.20. The number of nitrogens with two attached hydrogens (primary N) is 1. The van der Waals surface area contributed by atoms with Crippen LogP contribution in [0, 0.1) is 0 Å². The number of rotatable bonds is 2. The Balaban J connectivity index is 0.00000182. The minimum absolute atomic E-state index is 0. The van der Waals surface area contributed by atoms with Crippen molar-refractivity contribution in [2.75, 3.05) is 7.11 Å². The zero-order valence-corrected chi connectivity index (χ0v) is 14.5. The summed E-state index contributed by atoms with van der Waals surface area (Å²) < 4.78 is 7.33. The van der Waals surface area contributed by atoms with Crippen LogP contribution in [0.3, 0.4) is 0 Å². The van der Waals surface area contributed by atoms with E-state index in [9.17, 15) is 0 Å². The highest BCUT2D eigenvalue weighted by atomic mass is 35.5. The van der Waals surface area contributed by atoms with Gasteiger partial charge in [-0.25, -0.2) is 4.99 Å². The number of nitrogens with zero attached hydrogens (tertiary/aromatic N) is 2. The molecular weight excluding hydrogens is 334 g/mol. The number of aromatic nitrogens is 1. The van der Waals surface area contributed by atoms with E-state index < -0.39 is 0 Å². The maximum atomic E-state index is 6.28. The van der Waals surface area contributed by atoms with Crippen molar-refractivity contribution in [2.45, 2.75) is 0 Å². The Bertz CT molecular complexity index is 1070. The molecule has 0 amide bonds. The second kappa shape index (κ2) is 6.87. The van der Waals surface area contributed by atoms with Gasteiger partial charge in [0.2, 0.25) is 5.96 Å². The van der Waals surface area contributed by atoms with Crippen LogP contribution in [0.4, 0.5) is 5.69 Å². The summed E-state index contributed by atoms with van der Waals surface area (Å²) in [6.45, 7) is 0. The Hall–Kier alpha value is -2.98. The second-order valence-corrected chi connectivity index (χ2v) is 5.55. The summed E-state index contributed by atoms with van der Waals surface area (Å²) in [6, 6.07) is 22.0. The van der Waals surface area contributed by atoms with Crippen LogP contribution in [-0.4, -0.2) is 17.6 Å². The normalized spacial score (nSPS) is 11.5. The lowest BCUT2D eigenvalue weighted by atomic mass is 10.1. The van der Waals surface area contributed by atoms with Gasteiger partial charge in [-0.2, -0.15) is 0 Å². The quantitative estimate of drug-likeness (QED) is 0.419. The predicted molar refractivity (Wildman–Crippen MR) is 106 cm³/mol. The van der Waals surface area contributed by atoms with Crippen LogP contribution < -0.4 is 10.5 Å². The largest absolute Gasteiger partial charge is 0.496 e. The summed E-state index contributed by atoms with van der Waals surface area (Å²) in [5, 5.41) is 3.16. The van der Waals surface area contributed by atoms with E-state index in [0.717, 1.165) is 33.1 Å². The molecule has 25 heavy (non-hydrogen) atoms. The van der Waals surface area contributed by atoms with Gasteiger partial charge in [-0.15, -0.1) is 12.4 Å². The van der Waals surface area contributed by atoms with Crippen LogP contribution in [0.1, 0.15) is 0 Å². The summed E-state index contributed by atoms with van der Waals surface area (Å²) in [5.41, 5.74) is 8.14. The summed E-state index contributed by atoms with van der Waals surface area (Å²) in [5.74, 6) is 1.26. The SMILES string of the molecule is COc1cccc2c(N=C(N)n3ccc4ccccc43)cccc12.Cl. The fraction of sp³-hybridized carbons (Fsp3) is 0.0500. The number of hydrogen-bond acceptors (Lipinski definition) is 2. The number of hydrogen-bond donors (Lipinski definition) is 1. The van der Waals surface area contributed by atoms with E-state index in [1.807, 2.05) is 71.4 Å². The Kier molecular flexibility index (Phi) is 4.63. The van der Waals surface area contributed by atoms with E-state index >= 15 is 0 Å². The average Bonchev–Trinajstić information content (AvgIpc) is 3.05. The molecule has 0 saturated heterocycles. The second-order valence-electron chi connectivity index (χ2n) is 5.55. The lowest BCUT2D eigenvalue weighted by Gasteiger charge is -2.09. The monoisotopic (exact) mass is 351 g/mol. The third-order valence-electron chi connectivity index (χ3n) is 4.16. The van der Waals surface area contributed by atoms with E-state index in [2.05, 4.69) is 11.1 Å². The summed E-state index contributed by atoms with van der Waals surface area (Å²) in [6.07, 6.45) is 1.94. The number of aliphatic imine (C=N–C) groups is 1. The molecular formula is C20H18ClN3O. The molecule has 5 heteroatoms. The van der Waals surface area contributed by atoms with E-state index in [4.69, 9.17) is 10.5 Å². The molecule has 1 aromatic heterocycles. The minimum Gasteiger partial charge on any atom is -0.496 e. The van der Waals surface area contributed by atoms with Crippen molar-refractivity contribution in [2.24, 2.45) is 10.7 Å². The maximum absolute atomic E-state index is 6.28. The fourth-order valence-corrected chi connectivity index (χ4v) is 3.00. The van der Waals surface area contributed by atoms with Crippen LogP contribution in [0.5, 0.6) is 5.75 Å². The van der Waals surface area contributed by atoms with Gasteiger partial charge in [-0.05, 0) is 24.3 Å². The van der Waals surface area contributed by atoms with Gasteiger partial charge in [-0.1, -0.05) is 42.5 Å². The number of fused-ring (bicyclic) bond motifs is 2. The van der Waals surface area contributed by atoms with Crippen molar-refractivity contribution in [1.29, 1.82) is 0 Å². The molecule has 0 radical (unpaired) electrons. The van der Waals surface area contributed by atoms with E-state index in [1.165, 1.54) is 0 Å². The molecule has 4 aromatic rings. The number of methoxy groups -OCH3 is 1. The number of ether oxygens (including phenoxy) is 1. The van der Waals surface area contributed by atoms with Crippen molar-refractivity contribution in [3.8, 4) is 5.75 Å². The first-order chi connectivity index (χ1) is 11.8. The molecule has 0 aliphatic carbocycles. The van der Waals surface area contributed by atoms with Gasteiger partial charge in [0.25, 0.3) is 0 Å². The molecule has 0 aliphatic rings. The van der Waals surface area contributed by atoms with Crippen LogP contribution in [0.2, 0.25) is 0 Å². The predicted octanol–water partition coefficient (Wildman–Crippen LogP) is 4.72. The van der Waals surface area contributed by atoms with Crippen LogP contribution in [-0.2, 0) is 0 Å². The van der Waals surface area contributed by atoms with Crippen LogP contribution >= 0.6 is 12.4 Å². The molecule has 0 saturated carbocycles. The van der Waals surface area contributed by atoms with Crippen molar-refractivity contribution < 1.29 is 4.74 Å². The molecule has 3 aromatic carbocycles. The highest BCUT2D eigenvalue weighted by Gasteiger charge is 2.07. The molecule has 126 valence electrons. The zero-order valence-electron chi connectivity index (χ0n) is 13.7. The first kappa shape index (κ1) is 16.9. The average molecular weight is 352 g/mol. The number of halogens is 1. The summed E-state index contributed by atoms with van der Waals surface area (Å²) in [7, 11) is 1.67. The summed E-state index contributed by atoms with van der Waals surface area (Å²) >= 11 is 0. The lowest BCUT2D eigenvalue weighted by molar-refractivity contribution is 0.420. The van der Waals surface area contributed by atoms with Gasteiger partial charge in [0, 0.05) is 22.4 Å². The third-order valence-corrected chi connectivity index (χ3v) is 4.16. The van der Waals surface area contributed by atoms with Gasteiger partial charge < -0.3 is 10.5 Å². The highest BCUT2D eigenvalue weighted by molar-refractivity contribution is 6.00. The molecule has 0 aliphatic heterocycles. The van der Waals surface area contributed by atoms with E-state index in [1.54, 1.807) is 7.11 Å². The molecule has 0 bridgehead atoms. The Morgan fingerprint density at radius 3 is 2.52 bits per heavy atom. The standard InChI is InChI=1S/C20H17N3O.ClH/c1-24-19-11-5-7-15-16(19)8-4-9-17(15)22-20(21)23-13-12-14-6-2-3-10-18(14)23;/h2-13H,1H3,(H2,21,22);1H. The van der Waals surface area contributed by atoms with Gasteiger partial charge >= 0.3 is 0 Å². The molecule has 0 fully saturated rings. The zero-order chi connectivity index (χ0) is 16.5. The molecule has 0 unspecified atom stereocenters. The van der Waals surface area contributed by atoms with Crippen LogP contribution in [0.25, 0.3) is 21.7 Å². The van der Waals surface area contributed by atoms with Crippen molar-refractivity contribution in [3.63, 3.8) is 0 Å². The molecule has 0 atom stereocenters. The number of para-hydroxylation sites is 1. The molecule has 0 spiro atoms. The smallest absolute Gasteiger partial charge is 0.205 e. The van der Waals surface area contributed by atoms with E-state index in [-0.39, 0.29) is 12.4 Å². The van der Waals surface area contributed by atoms with Gasteiger partial charge in [0.05, 0.1) is 18.3 Å². The fourth-order valence-electron chi connectivity index (χ4n) is 3.00. The van der Waals surface area contributed by atoms with Crippen molar-refractivity contribution >= 4 is 45.7 Å². The highest BCUT2D eigenvalue weighted by Crippen LogP contribution is 2.32. The minimum atomic E-state index is 0. The topological polar surface area (TPSA) is 52.5 Å². The maximum Gasteiger partial charge on any atom is 0.205 e. The van der Waals surface area contributed by atoms with E-state index in [0.29, 0.717) is 5.96 Å².